The molecule has 1 fully saturated rings. The van der Waals surface area contributed by atoms with Crippen LogP contribution in [-0.2, 0) is 16.0 Å². The summed E-state index contributed by atoms with van der Waals surface area (Å²) in [5.74, 6) is 0.627. The molecule has 0 aliphatic carbocycles. The Morgan fingerprint density at radius 1 is 1.07 bits per heavy atom. The van der Waals surface area contributed by atoms with Gasteiger partial charge in [-0.15, -0.1) is 0 Å². The van der Waals surface area contributed by atoms with Crippen molar-refractivity contribution in [2.75, 3.05) is 6.54 Å². The zero-order valence-corrected chi connectivity index (χ0v) is 17.2. The van der Waals surface area contributed by atoms with E-state index in [1.165, 1.54) is 44.1 Å². The van der Waals surface area contributed by atoms with E-state index in [1.807, 2.05) is 4.90 Å². The molecule has 2 rings (SSSR count). The maximum absolute atomic E-state index is 12.9. The third-order valence-corrected chi connectivity index (χ3v) is 5.93. The van der Waals surface area contributed by atoms with Crippen molar-refractivity contribution in [3.63, 3.8) is 0 Å². The van der Waals surface area contributed by atoms with E-state index in [0.717, 1.165) is 38.5 Å². The minimum atomic E-state index is -0.177. The highest BCUT2D eigenvalue weighted by molar-refractivity contribution is 5.82. The summed E-state index contributed by atoms with van der Waals surface area (Å²) >= 11 is 0. The van der Waals surface area contributed by atoms with Crippen molar-refractivity contribution in [3.05, 3.63) is 35.9 Å². The molecule has 0 radical (unpaired) electrons. The Bertz CT molecular complexity index is 555. The molecule has 0 bridgehead atoms. The number of hydrogen-bond acceptors (Lipinski definition) is 2. The molecule has 0 N–H and O–H groups in total. The molecule has 1 aliphatic rings. The van der Waals surface area contributed by atoms with Crippen LogP contribution in [0.15, 0.2) is 30.3 Å². The number of carbonyl (C=O) groups excluding carboxylic acids is 2. The molecular weight excluding hydrogens is 334 g/mol. The summed E-state index contributed by atoms with van der Waals surface area (Å²) < 4.78 is 0. The van der Waals surface area contributed by atoms with Crippen LogP contribution in [0, 0.1) is 11.8 Å². The first kappa shape index (κ1) is 21.7. The van der Waals surface area contributed by atoms with E-state index >= 15 is 0 Å². The summed E-state index contributed by atoms with van der Waals surface area (Å²) in [5.41, 5.74) is 1.44. The van der Waals surface area contributed by atoms with Gasteiger partial charge in [0.15, 0.2) is 0 Å². The second kappa shape index (κ2) is 11.9. The van der Waals surface area contributed by atoms with Crippen LogP contribution < -0.4 is 0 Å². The molecule has 1 aromatic carbocycles. The summed E-state index contributed by atoms with van der Waals surface area (Å²) in [4.78, 5) is 25.9. The minimum Gasteiger partial charge on any atom is -0.333 e. The van der Waals surface area contributed by atoms with E-state index in [2.05, 4.69) is 44.2 Å². The maximum atomic E-state index is 12.9. The number of unbranched alkanes of at least 4 members (excludes halogenated alkanes) is 5. The number of rotatable bonds is 12. The molecule has 1 unspecified atom stereocenters. The number of aldehydes is 1. The number of benzene rings is 1. The van der Waals surface area contributed by atoms with Crippen LogP contribution in [0.25, 0.3) is 0 Å². The van der Waals surface area contributed by atoms with Gasteiger partial charge in [0.2, 0.25) is 5.91 Å². The van der Waals surface area contributed by atoms with E-state index in [9.17, 15) is 9.59 Å². The molecule has 1 aliphatic heterocycles. The van der Waals surface area contributed by atoms with Gasteiger partial charge in [-0.1, -0.05) is 76.3 Å². The van der Waals surface area contributed by atoms with Gasteiger partial charge in [0, 0.05) is 12.5 Å². The monoisotopic (exact) mass is 371 g/mol. The molecule has 27 heavy (non-hydrogen) atoms. The lowest BCUT2D eigenvalue weighted by Crippen LogP contribution is -2.41. The predicted molar refractivity (Wildman–Crippen MR) is 112 cm³/mol. The van der Waals surface area contributed by atoms with Crippen LogP contribution in [0.2, 0.25) is 0 Å². The van der Waals surface area contributed by atoms with Crippen molar-refractivity contribution in [2.24, 2.45) is 11.8 Å². The van der Waals surface area contributed by atoms with Crippen LogP contribution in [0.5, 0.6) is 0 Å². The van der Waals surface area contributed by atoms with Gasteiger partial charge >= 0.3 is 0 Å². The number of aryl methyl sites for hydroxylation is 1. The van der Waals surface area contributed by atoms with E-state index in [-0.39, 0.29) is 17.9 Å². The quantitative estimate of drug-likeness (QED) is 0.363. The van der Waals surface area contributed by atoms with Crippen molar-refractivity contribution < 1.29 is 9.59 Å². The molecule has 1 aromatic rings. The van der Waals surface area contributed by atoms with Crippen molar-refractivity contribution in [1.29, 1.82) is 0 Å². The molecule has 1 amide bonds. The summed E-state index contributed by atoms with van der Waals surface area (Å²) in [6.07, 6.45) is 12.3. The Morgan fingerprint density at radius 2 is 1.74 bits per heavy atom. The van der Waals surface area contributed by atoms with Crippen molar-refractivity contribution in [2.45, 2.75) is 84.1 Å². The molecule has 0 aromatic heterocycles. The van der Waals surface area contributed by atoms with Gasteiger partial charge in [-0.2, -0.15) is 0 Å². The smallest absolute Gasteiger partial charge is 0.226 e. The third kappa shape index (κ3) is 7.12. The van der Waals surface area contributed by atoms with Crippen LogP contribution in [0.3, 0.4) is 0 Å². The van der Waals surface area contributed by atoms with Crippen LogP contribution in [0.1, 0.15) is 77.2 Å². The maximum Gasteiger partial charge on any atom is 0.226 e. The van der Waals surface area contributed by atoms with E-state index < -0.39 is 0 Å². The van der Waals surface area contributed by atoms with Gasteiger partial charge < -0.3 is 9.69 Å². The zero-order chi connectivity index (χ0) is 19.5. The Kier molecular flexibility index (Phi) is 9.58. The molecular formula is C24H37NO2. The highest BCUT2D eigenvalue weighted by atomic mass is 16.2. The summed E-state index contributed by atoms with van der Waals surface area (Å²) in [6.45, 7) is 5.03. The first-order valence-corrected chi connectivity index (χ1v) is 10.9. The topological polar surface area (TPSA) is 37.4 Å². The third-order valence-electron chi connectivity index (χ3n) is 5.93. The first-order chi connectivity index (χ1) is 13.1. The Hall–Kier alpha value is -1.64. The average molecular weight is 372 g/mol. The fraction of sp³-hybridized carbons (Fsp3) is 0.667. The molecule has 0 saturated carbocycles. The van der Waals surface area contributed by atoms with Gasteiger partial charge in [-0.25, -0.2) is 0 Å². The normalized spacial score (nSPS) is 18.0. The zero-order valence-electron chi connectivity index (χ0n) is 17.2. The van der Waals surface area contributed by atoms with Crippen LogP contribution in [-0.4, -0.2) is 29.7 Å². The lowest BCUT2D eigenvalue weighted by molar-refractivity contribution is -0.140. The number of amides is 1. The first-order valence-electron chi connectivity index (χ1n) is 10.9. The number of likely N-dealkylation sites (tertiary alicyclic amines) is 1. The lowest BCUT2D eigenvalue weighted by atomic mass is 9.88. The number of nitrogens with zero attached hydrogens (tertiary/aromatic N) is 1. The molecule has 3 heteroatoms. The molecule has 1 saturated heterocycles. The minimum absolute atomic E-state index is 0.0728. The van der Waals surface area contributed by atoms with Gasteiger partial charge in [-0.3, -0.25) is 4.79 Å². The van der Waals surface area contributed by atoms with Crippen LogP contribution >= 0.6 is 0 Å². The SMILES string of the molecule is CC(C)C(CCCCCCCCc1ccccc1)C(=O)N1CCC[C@H]1C=O. The largest absolute Gasteiger partial charge is 0.333 e. The summed E-state index contributed by atoms with van der Waals surface area (Å²) in [7, 11) is 0. The summed E-state index contributed by atoms with van der Waals surface area (Å²) in [6, 6.07) is 10.5. The highest BCUT2D eigenvalue weighted by Gasteiger charge is 2.33. The molecule has 0 spiro atoms. The molecule has 2 atom stereocenters. The molecule has 3 nitrogen and oxygen atoms in total. The summed E-state index contributed by atoms with van der Waals surface area (Å²) in [5, 5.41) is 0. The second-order valence-electron chi connectivity index (χ2n) is 8.37. The average Bonchev–Trinajstić information content (AvgIpc) is 3.15. The van der Waals surface area contributed by atoms with Crippen molar-refractivity contribution in [1.82, 2.24) is 4.90 Å². The van der Waals surface area contributed by atoms with Gasteiger partial charge in [0.05, 0.1) is 6.04 Å². The second-order valence-corrected chi connectivity index (χ2v) is 8.37. The van der Waals surface area contributed by atoms with Crippen LogP contribution in [0.4, 0.5) is 0 Å². The highest BCUT2D eigenvalue weighted by Crippen LogP contribution is 2.26. The van der Waals surface area contributed by atoms with E-state index in [1.54, 1.807) is 0 Å². The van der Waals surface area contributed by atoms with E-state index in [0.29, 0.717) is 5.92 Å². The fourth-order valence-electron chi connectivity index (χ4n) is 4.21. The Labute approximate surface area is 165 Å². The molecule has 150 valence electrons. The number of carbonyl (C=O) groups is 2. The standard InChI is InChI=1S/C24H37NO2/c1-20(2)23(24(27)25-18-12-16-22(25)19-26)17-11-6-4-3-5-8-13-21-14-9-7-10-15-21/h7,9-10,14-15,19-20,22-23H,3-6,8,11-13,16-18H2,1-2H3/t22-,23?/m0/s1. The van der Waals surface area contributed by atoms with Gasteiger partial charge in [0.25, 0.3) is 0 Å². The van der Waals surface area contributed by atoms with Crippen molar-refractivity contribution in [3.8, 4) is 0 Å². The fourth-order valence-corrected chi connectivity index (χ4v) is 4.21. The lowest BCUT2D eigenvalue weighted by Gasteiger charge is -2.28. The number of hydrogen-bond donors (Lipinski definition) is 0. The van der Waals surface area contributed by atoms with Gasteiger partial charge in [-0.05, 0) is 43.6 Å². The van der Waals surface area contributed by atoms with Gasteiger partial charge in [0.1, 0.15) is 6.29 Å². The Balaban J connectivity index is 1.60. The van der Waals surface area contributed by atoms with E-state index in [4.69, 9.17) is 0 Å². The molecule has 1 heterocycles. The van der Waals surface area contributed by atoms with Crippen molar-refractivity contribution >= 4 is 12.2 Å². The predicted octanol–water partition coefficient (Wildman–Crippen LogP) is 5.42. The Morgan fingerprint density at radius 3 is 2.41 bits per heavy atom.